The molecule has 196 valence electrons. The third-order valence-electron chi connectivity index (χ3n) is 7.19. The molecule has 4 aromatic rings. The van der Waals surface area contributed by atoms with E-state index >= 15 is 0 Å². The molecule has 3 aromatic heterocycles. The number of aryl methyl sites for hydroxylation is 2. The lowest BCUT2D eigenvalue weighted by Gasteiger charge is -2.37. The summed E-state index contributed by atoms with van der Waals surface area (Å²) < 4.78 is 16.6. The summed E-state index contributed by atoms with van der Waals surface area (Å²) in [6, 6.07) is 6.80. The van der Waals surface area contributed by atoms with E-state index in [2.05, 4.69) is 27.3 Å². The highest BCUT2D eigenvalue weighted by Gasteiger charge is 2.30. The molecule has 9 nitrogen and oxygen atoms in total. The van der Waals surface area contributed by atoms with Gasteiger partial charge in [-0.2, -0.15) is 5.10 Å². The number of benzene rings is 1. The van der Waals surface area contributed by atoms with Gasteiger partial charge in [-0.25, -0.2) is 14.4 Å². The van der Waals surface area contributed by atoms with E-state index in [0.717, 1.165) is 35.4 Å². The van der Waals surface area contributed by atoms with Crippen molar-refractivity contribution in [3.05, 3.63) is 65.9 Å². The van der Waals surface area contributed by atoms with Gasteiger partial charge in [0.15, 0.2) is 0 Å². The van der Waals surface area contributed by atoms with E-state index in [-0.39, 0.29) is 23.7 Å². The first-order chi connectivity index (χ1) is 18.2. The molecule has 0 spiro atoms. The molecule has 1 saturated heterocycles. The van der Waals surface area contributed by atoms with Gasteiger partial charge in [0.25, 0.3) is 0 Å². The molecule has 38 heavy (non-hydrogen) atoms. The third kappa shape index (κ3) is 5.11. The number of nitrogens with one attached hydrogen (secondary N) is 1. The minimum Gasteiger partial charge on any atom is -0.340 e. The van der Waals surface area contributed by atoms with Gasteiger partial charge in [0.05, 0.1) is 17.6 Å². The Hall–Kier alpha value is -4.21. The number of hydrogen-bond donors (Lipinski definition) is 1. The highest BCUT2D eigenvalue weighted by atomic mass is 19.1. The fourth-order valence-corrected chi connectivity index (χ4v) is 5.18. The van der Waals surface area contributed by atoms with Crippen LogP contribution in [0.25, 0.3) is 22.5 Å². The SMILES string of the molecule is CC(=O)N1C[C@H](c2nc(Nc3cc(F)cc(-c4c(C)nn(C)c4C)c3)cc(-c3cnccn3)n2)CC[C@@H]1C. The zero-order valence-electron chi connectivity index (χ0n) is 22.2. The largest absolute Gasteiger partial charge is 0.340 e. The van der Waals surface area contributed by atoms with Crippen molar-refractivity contribution in [2.45, 2.75) is 52.5 Å². The zero-order chi connectivity index (χ0) is 27.0. The second-order valence-corrected chi connectivity index (χ2v) is 9.90. The first-order valence-electron chi connectivity index (χ1n) is 12.7. The second-order valence-electron chi connectivity index (χ2n) is 9.90. The summed E-state index contributed by atoms with van der Waals surface area (Å²) in [5, 5.41) is 7.76. The number of aromatic nitrogens is 6. The number of carbonyl (C=O) groups excluding carboxylic acids is 1. The summed E-state index contributed by atoms with van der Waals surface area (Å²) in [4.78, 5) is 32.3. The van der Waals surface area contributed by atoms with Crippen LogP contribution in [0.3, 0.4) is 0 Å². The lowest BCUT2D eigenvalue weighted by molar-refractivity contribution is -0.132. The van der Waals surface area contributed by atoms with Gasteiger partial charge in [-0.1, -0.05) is 0 Å². The maximum absolute atomic E-state index is 14.8. The van der Waals surface area contributed by atoms with Crippen LogP contribution in [0.1, 0.15) is 49.8 Å². The molecule has 1 aliphatic rings. The Bertz CT molecular complexity index is 1490. The van der Waals surface area contributed by atoms with E-state index in [1.165, 1.54) is 12.1 Å². The molecule has 1 aliphatic heterocycles. The summed E-state index contributed by atoms with van der Waals surface area (Å²) in [6.45, 7) is 8.08. The summed E-state index contributed by atoms with van der Waals surface area (Å²) in [5.74, 6) is 0.772. The highest BCUT2D eigenvalue weighted by molar-refractivity contribution is 5.75. The normalized spacial score (nSPS) is 17.5. The van der Waals surface area contributed by atoms with Gasteiger partial charge in [0.2, 0.25) is 5.91 Å². The molecule has 10 heteroatoms. The Morgan fingerprint density at radius 1 is 1.08 bits per heavy atom. The molecular weight excluding hydrogens is 483 g/mol. The Morgan fingerprint density at radius 3 is 2.58 bits per heavy atom. The van der Waals surface area contributed by atoms with E-state index in [0.29, 0.717) is 35.3 Å². The molecule has 4 heterocycles. The van der Waals surface area contributed by atoms with Crippen molar-refractivity contribution in [2.75, 3.05) is 11.9 Å². The van der Waals surface area contributed by atoms with Gasteiger partial charge in [-0.05, 0) is 57.4 Å². The van der Waals surface area contributed by atoms with E-state index in [1.807, 2.05) is 31.9 Å². The van der Waals surface area contributed by atoms with Gasteiger partial charge in [0, 0.05) is 67.9 Å². The van der Waals surface area contributed by atoms with Gasteiger partial charge < -0.3 is 10.2 Å². The van der Waals surface area contributed by atoms with Crippen molar-refractivity contribution in [1.82, 2.24) is 34.6 Å². The number of piperidine rings is 1. The number of nitrogens with zero attached hydrogens (tertiary/aromatic N) is 7. The molecule has 1 N–H and O–H groups in total. The molecular formula is C28H31FN8O. The summed E-state index contributed by atoms with van der Waals surface area (Å²) >= 11 is 0. The first-order valence-corrected chi connectivity index (χ1v) is 12.7. The number of hydrogen-bond acceptors (Lipinski definition) is 7. The van der Waals surface area contributed by atoms with Gasteiger partial charge in [-0.15, -0.1) is 0 Å². The maximum atomic E-state index is 14.8. The Balaban J connectivity index is 1.54. The topological polar surface area (TPSA) is 102 Å². The smallest absolute Gasteiger partial charge is 0.219 e. The predicted octanol–water partition coefficient (Wildman–Crippen LogP) is 4.95. The van der Waals surface area contributed by atoms with Crippen LogP contribution < -0.4 is 5.32 Å². The van der Waals surface area contributed by atoms with Crippen LogP contribution in [-0.2, 0) is 11.8 Å². The Morgan fingerprint density at radius 2 is 1.89 bits per heavy atom. The monoisotopic (exact) mass is 514 g/mol. The quantitative estimate of drug-likeness (QED) is 0.402. The number of rotatable bonds is 5. The fraction of sp³-hybridized carbons (Fsp3) is 0.357. The second kappa shape index (κ2) is 10.3. The van der Waals surface area contributed by atoms with Crippen molar-refractivity contribution in [3.8, 4) is 22.5 Å². The number of anilines is 2. The molecule has 0 saturated carbocycles. The molecule has 2 atom stereocenters. The minimum atomic E-state index is -0.366. The van der Waals surface area contributed by atoms with E-state index in [9.17, 15) is 9.18 Å². The molecule has 0 unspecified atom stereocenters. The van der Waals surface area contributed by atoms with Crippen molar-refractivity contribution in [1.29, 1.82) is 0 Å². The molecule has 1 aromatic carbocycles. The molecule has 1 amide bonds. The molecule has 0 radical (unpaired) electrons. The van der Waals surface area contributed by atoms with Crippen molar-refractivity contribution in [3.63, 3.8) is 0 Å². The van der Waals surface area contributed by atoms with Crippen LogP contribution in [0.4, 0.5) is 15.9 Å². The van der Waals surface area contributed by atoms with Crippen molar-refractivity contribution in [2.24, 2.45) is 7.05 Å². The van der Waals surface area contributed by atoms with Gasteiger partial charge >= 0.3 is 0 Å². The number of carbonyl (C=O) groups is 1. The van der Waals surface area contributed by atoms with Crippen molar-refractivity contribution < 1.29 is 9.18 Å². The summed E-state index contributed by atoms with van der Waals surface area (Å²) in [6.07, 6.45) is 6.59. The van der Waals surface area contributed by atoms with E-state index < -0.39 is 0 Å². The van der Waals surface area contributed by atoms with Crippen LogP contribution in [0, 0.1) is 19.7 Å². The average Bonchev–Trinajstić information content (AvgIpc) is 3.14. The van der Waals surface area contributed by atoms with Crippen LogP contribution >= 0.6 is 0 Å². The van der Waals surface area contributed by atoms with Gasteiger partial charge in [0.1, 0.15) is 23.2 Å². The molecule has 5 rings (SSSR count). The van der Waals surface area contributed by atoms with Crippen LogP contribution in [-0.4, -0.2) is 53.1 Å². The third-order valence-corrected chi connectivity index (χ3v) is 7.19. The van der Waals surface area contributed by atoms with Crippen LogP contribution in [0.15, 0.2) is 42.9 Å². The van der Waals surface area contributed by atoms with Crippen LogP contribution in [0.2, 0.25) is 0 Å². The standard InChI is InChI=1S/C28H31FN8O/c1-16-6-7-20(15-37(16)19(4)38)28-33-24(25-14-30-8-9-31-25)13-26(34-28)32-23-11-21(10-22(29)12-23)27-17(2)35-36(5)18(27)3/h8-14,16,20H,6-7,15H2,1-5H3,(H,32,33,34)/t16-,20+/m0/s1. The fourth-order valence-electron chi connectivity index (χ4n) is 5.18. The molecule has 0 aliphatic carbocycles. The minimum absolute atomic E-state index is 0.0314. The number of halogens is 1. The lowest BCUT2D eigenvalue weighted by Crippen LogP contribution is -2.44. The average molecular weight is 515 g/mol. The highest BCUT2D eigenvalue weighted by Crippen LogP contribution is 2.33. The van der Waals surface area contributed by atoms with E-state index in [4.69, 9.17) is 9.97 Å². The molecule has 1 fully saturated rings. The van der Waals surface area contributed by atoms with Crippen LogP contribution in [0.5, 0.6) is 0 Å². The number of likely N-dealkylation sites (tertiary alicyclic amines) is 1. The summed E-state index contributed by atoms with van der Waals surface area (Å²) in [7, 11) is 1.87. The van der Waals surface area contributed by atoms with Gasteiger partial charge in [-0.3, -0.25) is 19.4 Å². The molecule has 0 bridgehead atoms. The Labute approximate surface area is 221 Å². The first kappa shape index (κ1) is 25.4. The zero-order valence-corrected chi connectivity index (χ0v) is 22.2. The number of amides is 1. The predicted molar refractivity (Wildman–Crippen MR) is 143 cm³/mol. The Kier molecular flexibility index (Phi) is 6.88. The maximum Gasteiger partial charge on any atom is 0.219 e. The summed E-state index contributed by atoms with van der Waals surface area (Å²) in [5.41, 5.74) is 5.19. The van der Waals surface area contributed by atoms with E-state index in [1.54, 1.807) is 36.3 Å². The lowest BCUT2D eigenvalue weighted by atomic mass is 9.92. The van der Waals surface area contributed by atoms with Crippen molar-refractivity contribution >= 4 is 17.4 Å².